The quantitative estimate of drug-likeness (QED) is 0.739. The number of rotatable bonds is 6. The largest absolute Gasteiger partial charge is 0.469 e. The summed E-state index contributed by atoms with van der Waals surface area (Å²) < 4.78 is 5.90. The molecule has 1 aromatic rings. The number of carbonyl (C=O) groups excluding carboxylic acids is 1. The van der Waals surface area contributed by atoms with E-state index < -0.39 is 0 Å². The molecule has 1 aliphatic carbocycles. The summed E-state index contributed by atoms with van der Waals surface area (Å²) in [6, 6.07) is 8.91. The Kier molecular flexibility index (Phi) is 6.05. The molecule has 0 heterocycles. The van der Waals surface area contributed by atoms with E-state index in [4.69, 9.17) is 4.74 Å². The smallest absolute Gasteiger partial charge is 0.306 e. The molecule has 0 aliphatic heterocycles. The van der Waals surface area contributed by atoms with Crippen molar-refractivity contribution in [2.45, 2.75) is 44.7 Å². The highest BCUT2D eigenvalue weighted by molar-refractivity contribution is 9.10. The molecule has 0 spiro atoms. The van der Waals surface area contributed by atoms with Gasteiger partial charge in [-0.15, -0.1) is 0 Å². The van der Waals surface area contributed by atoms with Crippen LogP contribution < -0.4 is 0 Å². The summed E-state index contributed by atoms with van der Waals surface area (Å²) >= 11 is 3.61. The van der Waals surface area contributed by atoms with E-state index in [2.05, 4.69) is 39.0 Å². The first-order valence-electron chi connectivity index (χ1n) is 7.25. The highest BCUT2D eigenvalue weighted by Gasteiger charge is 2.23. The fourth-order valence-electron chi connectivity index (χ4n) is 2.84. The topological polar surface area (TPSA) is 29.5 Å². The van der Waals surface area contributed by atoms with Crippen LogP contribution in [0.3, 0.4) is 0 Å². The maximum Gasteiger partial charge on any atom is 0.306 e. The van der Waals surface area contributed by atoms with Crippen LogP contribution in [0.1, 0.15) is 37.7 Å². The molecule has 1 fully saturated rings. The maximum absolute atomic E-state index is 11.4. The minimum absolute atomic E-state index is 0.125. The molecule has 0 bridgehead atoms. The van der Waals surface area contributed by atoms with Gasteiger partial charge in [-0.3, -0.25) is 9.69 Å². The van der Waals surface area contributed by atoms with E-state index in [0.717, 1.165) is 17.6 Å². The van der Waals surface area contributed by atoms with Crippen LogP contribution in [0.4, 0.5) is 0 Å². The Bertz CT molecular complexity index is 444. The molecule has 0 aromatic heterocycles. The first kappa shape index (κ1) is 15.5. The zero-order chi connectivity index (χ0) is 14.4. The second kappa shape index (κ2) is 7.79. The van der Waals surface area contributed by atoms with Gasteiger partial charge in [-0.25, -0.2) is 0 Å². The zero-order valence-corrected chi connectivity index (χ0v) is 13.6. The molecular formula is C16H22BrNO2. The van der Waals surface area contributed by atoms with Gasteiger partial charge in [-0.05, 0) is 24.5 Å². The molecule has 1 aliphatic rings. The third-order valence-electron chi connectivity index (χ3n) is 4.00. The Labute approximate surface area is 129 Å². The number of methoxy groups -OCH3 is 1. The predicted molar refractivity (Wildman–Crippen MR) is 83.4 cm³/mol. The van der Waals surface area contributed by atoms with Gasteiger partial charge in [0, 0.05) is 23.6 Å². The van der Waals surface area contributed by atoms with Crippen LogP contribution in [0, 0.1) is 0 Å². The van der Waals surface area contributed by atoms with Crippen LogP contribution in [0.25, 0.3) is 0 Å². The lowest BCUT2D eigenvalue weighted by molar-refractivity contribution is -0.141. The van der Waals surface area contributed by atoms with Gasteiger partial charge in [0.25, 0.3) is 0 Å². The number of hydrogen-bond acceptors (Lipinski definition) is 3. The van der Waals surface area contributed by atoms with Gasteiger partial charge in [0.05, 0.1) is 13.5 Å². The van der Waals surface area contributed by atoms with Crippen molar-refractivity contribution < 1.29 is 9.53 Å². The van der Waals surface area contributed by atoms with Gasteiger partial charge >= 0.3 is 5.97 Å². The van der Waals surface area contributed by atoms with E-state index in [-0.39, 0.29) is 5.97 Å². The Morgan fingerprint density at radius 2 is 2.05 bits per heavy atom. The van der Waals surface area contributed by atoms with E-state index in [1.54, 1.807) is 0 Å². The highest BCUT2D eigenvalue weighted by Crippen LogP contribution is 2.27. The number of esters is 1. The second-order valence-electron chi connectivity index (χ2n) is 5.33. The monoisotopic (exact) mass is 339 g/mol. The number of carbonyl (C=O) groups is 1. The molecule has 4 heteroatoms. The Morgan fingerprint density at radius 1 is 1.35 bits per heavy atom. The SMILES string of the molecule is COC(=O)CCN(Cc1ccccc1Br)C1CCCC1. The molecule has 0 N–H and O–H groups in total. The maximum atomic E-state index is 11.4. The normalized spacial score (nSPS) is 15.8. The van der Waals surface area contributed by atoms with Crippen LogP contribution in [0.15, 0.2) is 28.7 Å². The highest BCUT2D eigenvalue weighted by atomic mass is 79.9. The van der Waals surface area contributed by atoms with E-state index >= 15 is 0 Å². The van der Waals surface area contributed by atoms with E-state index in [1.165, 1.54) is 38.4 Å². The third-order valence-corrected chi connectivity index (χ3v) is 4.78. The molecule has 3 nitrogen and oxygen atoms in total. The van der Waals surface area contributed by atoms with E-state index in [9.17, 15) is 4.79 Å². The molecule has 2 rings (SSSR count). The lowest BCUT2D eigenvalue weighted by Crippen LogP contribution is -2.34. The number of ether oxygens (including phenoxy) is 1. The first-order chi connectivity index (χ1) is 9.70. The zero-order valence-electron chi connectivity index (χ0n) is 12.0. The Morgan fingerprint density at radius 3 is 2.70 bits per heavy atom. The van der Waals surface area contributed by atoms with Crippen molar-refractivity contribution in [3.8, 4) is 0 Å². The summed E-state index contributed by atoms with van der Waals surface area (Å²) in [5.74, 6) is -0.125. The molecule has 110 valence electrons. The van der Waals surface area contributed by atoms with Crippen molar-refractivity contribution in [2.24, 2.45) is 0 Å². The second-order valence-corrected chi connectivity index (χ2v) is 6.18. The predicted octanol–water partition coefficient (Wildman–Crippen LogP) is 3.76. The summed E-state index contributed by atoms with van der Waals surface area (Å²) in [5, 5.41) is 0. The van der Waals surface area contributed by atoms with Crippen molar-refractivity contribution in [3.63, 3.8) is 0 Å². The molecule has 0 atom stereocenters. The van der Waals surface area contributed by atoms with Crippen LogP contribution in [0.5, 0.6) is 0 Å². The van der Waals surface area contributed by atoms with Gasteiger partial charge in [-0.2, -0.15) is 0 Å². The van der Waals surface area contributed by atoms with Gasteiger partial charge in [0.2, 0.25) is 0 Å². The standard InChI is InChI=1S/C16H22BrNO2/c1-20-16(19)10-11-18(14-7-3-4-8-14)12-13-6-2-5-9-15(13)17/h2,5-6,9,14H,3-4,7-8,10-12H2,1H3. The molecular weight excluding hydrogens is 318 g/mol. The molecule has 0 amide bonds. The molecule has 20 heavy (non-hydrogen) atoms. The molecule has 1 saturated carbocycles. The van der Waals surface area contributed by atoms with Crippen molar-refractivity contribution >= 4 is 21.9 Å². The van der Waals surface area contributed by atoms with E-state index in [1.807, 2.05) is 6.07 Å². The Balaban J connectivity index is 2.02. The van der Waals surface area contributed by atoms with Crippen molar-refractivity contribution in [2.75, 3.05) is 13.7 Å². The number of halogens is 1. The molecule has 0 unspecified atom stereocenters. The average Bonchev–Trinajstić information content (AvgIpc) is 2.99. The van der Waals surface area contributed by atoms with Gasteiger partial charge in [0.15, 0.2) is 0 Å². The van der Waals surface area contributed by atoms with Crippen molar-refractivity contribution in [1.82, 2.24) is 4.90 Å². The van der Waals surface area contributed by atoms with Gasteiger partial charge < -0.3 is 4.74 Å². The minimum atomic E-state index is -0.125. The molecule has 0 saturated heterocycles. The van der Waals surface area contributed by atoms with Gasteiger partial charge in [-0.1, -0.05) is 47.0 Å². The van der Waals surface area contributed by atoms with Crippen LogP contribution in [0.2, 0.25) is 0 Å². The molecule has 1 aromatic carbocycles. The fraction of sp³-hybridized carbons (Fsp3) is 0.562. The van der Waals surface area contributed by atoms with Crippen molar-refractivity contribution in [3.05, 3.63) is 34.3 Å². The van der Waals surface area contributed by atoms with Crippen molar-refractivity contribution in [1.29, 1.82) is 0 Å². The summed E-state index contributed by atoms with van der Waals surface area (Å²) in [4.78, 5) is 13.8. The lowest BCUT2D eigenvalue weighted by Gasteiger charge is -2.29. The number of benzene rings is 1. The summed E-state index contributed by atoms with van der Waals surface area (Å²) in [5.41, 5.74) is 1.28. The summed E-state index contributed by atoms with van der Waals surface area (Å²) in [6.45, 7) is 1.67. The van der Waals surface area contributed by atoms with Crippen LogP contribution in [-0.4, -0.2) is 30.6 Å². The van der Waals surface area contributed by atoms with Crippen LogP contribution >= 0.6 is 15.9 Å². The van der Waals surface area contributed by atoms with Gasteiger partial charge in [0.1, 0.15) is 0 Å². The fourth-order valence-corrected chi connectivity index (χ4v) is 3.25. The van der Waals surface area contributed by atoms with E-state index in [0.29, 0.717) is 12.5 Å². The Hall–Kier alpha value is -0.870. The third kappa shape index (κ3) is 4.32. The number of nitrogens with zero attached hydrogens (tertiary/aromatic N) is 1. The summed E-state index contributed by atoms with van der Waals surface area (Å²) in [6.07, 6.45) is 5.55. The number of hydrogen-bond donors (Lipinski definition) is 0. The average molecular weight is 340 g/mol. The van der Waals surface area contributed by atoms with Crippen LogP contribution in [-0.2, 0) is 16.1 Å². The first-order valence-corrected chi connectivity index (χ1v) is 8.04. The summed E-state index contributed by atoms with van der Waals surface area (Å²) in [7, 11) is 1.45. The minimum Gasteiger partial charge on any atom is -0.469 e. The molecule has 0 radical (unpaired) electrons. The lowest BCUT2D eigenvalue weighted by atomic mass is 10.1.